The van der Waals surface area contributed by atoms with E-state index in [9.17, 15) is 9.59 Å². The summed E-state index contributed by atoms with van der Waals surface area (Å²) in [5.74, 6) is -0.412. The molecule has 1 aromatic rings. The van der Waals surface area contributed by atoms with E-state index in [1.165, 1.54) is 0 Å². The Hall–Kier alpha value is -2.50. The van der Waals surface area contributed by atoms with Gasteiger partial charge in [0.2, 0.25) is 0 Å². The first-order valence-corrected chi connectivity index (χ1v) is 7.71. The molecule has 1 atom stereocenters. The molecule has 1 aliphatic rings. The predicted molar refractivity (Wildman–Crippen MR) is 89.2 cm³/mol. The fraction of sp³-hybridized carbons (Fsp3) is 0.412. The standard InChI is InChI=1S/C17H23N3O3/c1-5-23-16(21)15-12(4)19-17(22)20-14(15)9-18-13-8-10(2)6-7-11(13)3/h6-8,12,18H,5,9H2,1-4H3,(H2,19,20,22). The Morgan fingerprint density at radius 3 is 2.78 bits per heavy atom. The largest absolute Gasteiger partial charge is 0.463 e. The molecule has 3 N–H and O–H groups in total. The topological polar surface area (TPSA) is 79.5 Å². The average Bonchev–Trinajstić information content (AvgIpc) is 2.47. The number of carbonyl (C=O) groups excluding carboxylic acids is 2. The molecule has 0 saturated carbocycles. The third-order valence-electron chi connectivity index (χ3n) is 3.71. The average molecular weight is 317 g/mol. The second-order valence-electron chi connectivity index (χ2n) is 5.60. The lowest BCUT2D eigenvalue weighted by Gasteiger charge is -2.27. The van der Waals surface area contributed by atoms with Gasteiger partial charge in [-0.05, 0) is 44.9 Å². The van der Waals surface area contributed by atoms with Crippen molar-refractivity contribution < 1.29 is 14.3 Å². The summed E-state index contributed by atoms with van der Waals surface area (Å²) >= 11 is 0. The Morgan fingerprint density at radius 1 is 1.35 bits per heavy atom. The van der Waals surface area contributed by atoms with Crippen LogP contribution in [-0.4, -0.2) is 31.2 Å². The van der Waals surface area contributed by atoms with Crippen molar-refractivity contribution in [2.45, 2.75) is 33.7 Å². The molecule has 6 nitrogen and oxygen atoms in total. The molecular weight excluding hydrogens is 294 g/mol. The first-order valence-electron chi connectivity index (χ1n) is 7.71. The van der Waals surface area contributed by atoms with Gasteiger partial charge in [-0.2, -0.15) is 0 Å². The third kappa shape index (κ3) is 4.03. The van der Waals surface area contributed by atoms with Crippen LogP contribution in [0.4, 0.5) is 10.5 Å². The highest BCUT2D eigenvalue weighted by Gasteiger charge is 2.29. The molecule has 1 aromatic carbocycles. The lowest BCUT2D eigenvalue weighted by molar-refractivity contribution is -0.138. The van der Waals surface area contributed by atoms with Gasteiger partial charge in [-0.3, -0.25) is 0 Å². The molecule has 0 saturated heterocycles. The second kappa shape index (κ2) is 7.17. The highest BCUT2D eigenvalue weighted by atomic mass is 16.5. The molecule has 0 fully saturated rings. The minimum absolute atomic E-state index is 0.292. The van der Waals surface area contributed by atoms with Crippen molar-refractivity contribution in [1.29, 1.82) is 0 Å². The van der Waals surface area contributed by atoms with Gasteiger partial charge >= 0.3 is 12.0 Å². The predicted octanol–water partition coefficient (Wildman–Crippen LogP) is 2.23. The number of rotatable bonds is 5. The molecule has 6 heteroatoms. The van der Waals surface area contributed by atoms with Crippen LogP contribution in [0.3, 0.4) is 0 Å². The number of nitrogens with one attached hydrogen (secondary N) is 3. The molecule has 2 amide bonds. The highest BCUT2D eigenvalue weighted by molar-refractivity contribution is 5.94. The summed E-state index contributed by atoms with van der Waals surface area (Å²) < 4.78 is 5.10. The molecule has 0 aromatic heterocycles. The van der Waals surface area contributed by atoms with Gasteiger partial charge in [0.25, 0.3) is 0 Å². The van der Waals surface area contributed by atoms with Crippen LogP contribution in [0.2, 0.25) is 0 Å². The molecule has 0 bridgehead atoms. The fourth-order valence-corrected chi connectivity index (χ4v) is 2.53. The van der Waals surface area contributed by atoms with E-state index in [1.807, 2.05) is 32.0 Å². The van der Waals surface area contributed by atoms with Crippen molar-refractivity contribution in [1.82, 2.24) is 10.6 Å². The van der Waals surface area contributed by atoms with E-state index in [0.717, 1.165) is 16.8 Å². The summed E-state index contributed by atoms with van der Waals surface area (Å²) in [6.45, 7) is 8.18. The van der Waals surface area contributed by atoms with Crippen LogP contribution in [0.15, 0.2) is 29.5 Å². The van der Waals surface area contributed by atoms with Crippen LogP contribution in [0.1, 0.15) is 25.0 Å². The molecule has 23 heavy (non-hydrogen) atoms. The number of hydrogen-bond acceptors (Lipinski definition) is 4. The number of ether oxygens (including phenoxy) is 1. The maximum absolute atomic E-state index is 12.2. The monoisotopic (exact) mass is 317 g/mol. The molecule has 1 unspecified atom stereocenters. The van der Waals surface area contributed by atoms with E-state index in [-0.39, 0.29) is 6.03 Å². The number of hydrogen-bond donors (Lipinski definition) is 3. The number of urea groups is 1. The van der Waals surface area contributed by atoms with E-state index in [4.69, 9.17) is 4.74 Å². The lowest BCUT2D eigenvalue weighted by atomic mass is 10.0. The van der Waals surface area contributed by atoms with Gasteiger partial charge in [0, 0.05) is 5.69 Å². The van der Waals surface area contributed by atoms with E-state index in [2.05, 4.69) is 16.0 Å². The first-order chi connectivity index (χ1) is 10.9. The molecule has 124 valence electrons. The van der Waals surface area contributed by atoms with Crippen LogP contribution in [0, 0.1) is 13.8 Å². The maximum Gasteiger partial charge on any atom is 0.337 e. The summed E-state index contributed by atoms with van der Waals surface area (Å²) in [5.41, 5.74) is 4.20. The zero-order valence-corrected chi connectivity index (χ0v) is 13.9. The summed E-state index contributed by atoms with van der Waals surface area (Å²) in [7, 11) is 0. The SMILES string of the molecule is CCOC(=O)C1=C(CNc2cc(C)ccc2C)NC(=O)NC1C. The quantitative estimate of drug-likeness (QED) is 0.728. The van der Waals surface area contributed by atoms with Gasteiger partial charge < -0.3 is 20.7 Å². The van der Waals surface area contributed by atoms with Crippen molar-refractivity contribution in [3.05, 3.63) is 40.6 Å². The molecule has 1 heterocycles. The van der Waals surface area contributed by atoms with Crippen LogP contribution >= 0.6 is 0 Å². The normalized spacial score (nSPS) is 17.4. The molecule has 0 spiro atoms. The Bertz CT molecular complexity index is 652. The van der Waals surface area contributed by atoms with E-state index in [0.29, 0.717) is 24.4 Å². The van der Waals surface area contributed by atoms with Crippen LogP contribution < -0.4 is 16.0 Å². The first kappa shape index (κ1) is 16.9. The zero-order valence-electron chi connectivity index (χ0n) is 13.9. The minimum Gasteiger partial charge on any atom is -0.463 e. The molecule has 1 aliphatic heterocycles. The maximum atomic E-state index is 12.2. The van der Waals surface area contributed by atoms with Crippen molar-refractivity contribution in [2.24, 2.45) is 0 Å². The number of benzene rings is 1. The number of anilines is 1. The minimum atomic E-state index is -0.412. The summed E-state index contributed by atoms with van der Waals surface area (Å²) in [6.07, 6.45) is 0. The summed E-state index contributed by atoms with van der Waals surface area (Å²) in [4.78, 5) is 23.9. The second-order valence-corrected chi connectivity index (χ2v) is 5.60. The molecule has 0 aliphatic carbocycles. The van der Waals surface area contributed by atoms with Crippen LogP contribution in [0.25, 0.3) is 0 Å². The zero-order chi connectivity index (χ0) is 17.0. The smallest absolute Gasteiger partial charge is 0.337 e. The van der Waals surface area contributed by atoms with Crippen LogP contribution in [0.5, 0.6) is 0 Å². The highest BCUT2D eigenvalue weighted by Crippen LogP contribution is 2.19. The van der Waals surface area contributed by atoms with Gasteiger partial charge in [-0.15, -0.1) is 0 Å². The molecule has 2 rings (SSSR count). The molecule has 0 radical (unpaired) electrons. The van der Waals surface area contributed by atoms with Gasteiger partial charge in [0.05, 0.1) is 30.5 Å². The Kier molecular flexibility index (Phi) is 5.26. The van der Waals surface area contributed by atoms with E-state index >= 15 is 0 Å². The Labute approximate surface area is 136 Å². The molecular formula is C17H23N3O3. The van der Waals surface area contributed by atoms with Gasteiger partial charge in [-0.1, -0.05) is 12.1 Å². The number of aryl methyl sites for hydroxylation is 2. The van der Waals surface area contributed by atoms with Crippen LogP contribution in [-0.2, 0) is 9.53 Å². The van der Waals surface area contributed by atoms with Gasteiger partial charge in [-0.25, -0.2) is 9.59 Å². The van der Waals surface area contributed by atoms with E-state index < -0.39 is 12.0 Å². The summed E-state index contributed by atoms with van der Waals surface area (Å²) in [5, 5.41) is 8.67. The number of carbonyl (C=O) groups is 2. The van der Waals surface area contributed by atoms with Crippen molar-refractivity contribution in [2.75, 3.05) is 18.5 Å². The van der Waals surface area contributed by atoms with Gasteiger partial charge in [0.15, 0.2) is 0 Å². The van der Waals surface area contributed by atoms with E-state index in [1.54, 1.807) is 13.8 Å². The fourth-order valence-electron chi connectivity index (χ4n) is 2.53. The third-order valence-corrected chi connectivity index (χ3v) is 3.71. The Balaban J connectivity index is 2.24. The lowest BCUT2D eigenvalue weighted by Crippen LogP contribution is -2.50. The van der Waals surface area contributed by atoms with Crippen molar-refractivity contribution in [3.8, 4) is 0 Å². The Morgan fingerprint density at radius 2 is 2.09 bits per heavy atom. The number of amides is 2. The van der Waals surface area contributed by atoms with Crippen molar-refractivity contribution >= 4 is 17.7 Å². The van der Waals surface area contributed by atoms with Crippen molar-refractivity contribution in [3.63, 3.8) is 0 Å². The summed E-state index contributed by atoms with van der Waals surface area (Å²) in [6, 6.07) is 5.40. The van der Waals surface area contributed by atoms with Gasteiger partial charge in [0.1, 0.15) is 0 Å². The number of esters is 1.